The summed E-state index contributed by atoms with van der Waals surface area (Å²) in [7, 11) is 0. The van der Waals surface area contributed by atoms with Gasteiger partial charge in [-0.05, 0) is 30.2 Å². The van der Waals surface area contributed by atoms with Gasteiger partial charge >= 0.3 is 0 Å². The van der Waals surface area contributed by atoms with E-state index in [4.69, 9.17) is 0 Å². The van der Waals surface area contributed by atoms with Crippen molar-refractivity contribution in [1.82, 2.24) is 4.98 Å². The van der Waals surface area contributed by atoms with Crippen LogP contribution in [0.2, 0.25) is 0 Å². The largest absolute Gasteiger partial charge is 0.261 e. The summed E-state index contributed by atoms with van der Waals surface area (Å²) in [5.74, 6) is 0.596. The van der Waals surface area contributed by atoms with Crippen molar-refractivity contribution in [2.24, 2.45) is 5.92 Å². The molecule has 1 aliphatic carbocycles. The van der Waals surface area contributed by atoms with Crippen molar-refractivity contribution in [1.29, 1.82) is 0 Å². The van der Waals surface area contributed by atoms with Crippen molar-refractivity contribution < 1.29 is 0 Å². The van der Waals surface area contributed by atoms with Crippen molar-refractivity contribution in [2.45, 2.75) is 12.8 Å². The molecular formula is C16H15N. The Labute approximate surface area is 102 Å². The first kappa shape index (κ1) is 10.3. The number of benzene rings is 1. The summed E-state index contributed by atoms with van der Waals surface area (Å²) >= 11 is 0. The summed E-state index contributed by atoms with van der Waals surface area (Å²) in [6.07, 6.45) is 12.8. The summed E-state index contributed by atoms with van der Waals surface area (Å²) < 4.78 is 0. The van der Waals surface area contributed by atoms with Crippen LogP contribution in [0.1, 0.15) is 12.1 Å². The van der Waals surface area contributed by atoms with Crippen LogP contribution in [0.3, 0.4) is 0 Å². The summed E-state index contributed by atoms with van der Waals surface area (Å²) in [6, 6.07) is 10.6. The first-order chi connectivity index (χ1) is 8.43. The molecule has 1 aromatic carbocycles. The first-order valence-electron chi connectivity index (χ1n) is 6.09. The molecule has 1 nitrogen and oxygen atoms in total. The topological polar surface area (TPSA) is 12.9 Å². The highest BCUT2D eigenvalue weighted by molar-refractivity contribution is 5.84. The summed E-state index contributed by atoms with van der Waals surface area (Å²) in [5.41, 5.74) is 1.22. The maximum Gasteiger partial charge on any atom is 0.0487 e. The second kappa shape index (κ2) is 4.54. The third-order valence-electron chi connectivity index (χ3n) is 3.28. The fourth-order valence-electron chi connectivity index (χ4n) is 2.38. The zero-order valence-electron chi connectivity index (χ0n) is 9.71. The molecule has 0 bridgehead atoms. The van der Waals surface area contributed by atoms with Crippen LogP contribution in [0.4, 0.5) is 0 Å². The quantitative estimate of drug-likeness (QED) is 0.749. The van der Waals surface area contributed by atoms with Crippen LogP contribution in [0.25, 0.3) is 10.8 Å². The minimum Gasteiger partial charge on any atom is -0.261 e. The monoisotopic (exact) mass is 221 g/mol. The molecule has 0 saturated heterocycles. The van der Waals surface area contributed by atoms with E-state index in [1.54, 1.807) is 0 Å². The Hall–Kier alpha value is -1.89. The molecule has 17 heavy (non-hydrogen) atoms. The number of hydrogen-bond acceptors (Lipinski definition) is 1. The molecule has 3 rings (SSSR count). The Balaban J connectivity index is 1.94. The zero-order chi connectivity index (χ0) is 11.5. The van der Waals surface area contributed by atoms with Crippen LogP contribution in [0, 0.1) is 5.92 Å². The molecule has 1 unspecified atom stereocenters. The van der Waals surface area contributed by atoms with Gasteiger partial charge in [0.15, 0.2) is 0 Å². The highest BCUT2D eigenvalue weighted by Crippen LogP contribution is 2.22. The summed E-state index contributed by atoms with van der Waals surface area (Å²) in [5, 5.41) is 2.57. The van der Waals surface area contributed by atoms with E-state index in [1.807, 2.05) is 6.20 Å². The maximum absolute atomic E-state index is 4.54. The zero-order valence-corrected chi connectivity index (χ0v) is 9.71. The molecule has 0 aliphatic heterocycles. The lowest BCUT2D eigenvalue weighted by molar-refractivity contribution is 0.645. The number of hydrogen-bond donors (Lipinski definition) is 0. The van der Waals surface area contributed by atoms with E-state index in [9.17, 15) is 0 Å². The van der Waals surface area contributed by atoms with Crippen LogP contribution < -0.4 is 0 Å². The lowest BCUT2D eigenvalue weighted by atomic mass is 9.94. The summed E-state index contributed by atoms with van der Waals surface area (Å²) in [6.45, 7) is 0. The highest BCUT2D eigenvalue weighted by atomic mass is 14.7. The van der Waals surface area contributed by atoms with Gasteiger partial charge in [0.2, 0.25) is 0 Å². The van der Waals surface area contributed by atoms with Gasteiger partial charge in [0.1, 0.15) is 0 Å². The van der Waals surface area contributed by atoms with Crippen LogP contribution in [0.5, 0.6) is 0 Å². The van der Waals surface area contributed by atoms with E-state index >= 15 is 0 Å². The predicted molar refractivity (Wildman–Crippen MR) is 71.8 cm³/mol. The summed E-state index contributed by atoms with van der Waals surface area (Å²) in [4.78, 5) is 4.54. The Morgan fingerprint density at radius 2 is 2.06 bits per heavy atom. The number of allylic oxidation sites excluding steroid dienone is 4. The molecule has 0 radical (unpaired) electrons. The van der Waals surface area contributed by atoms with Gasteiger partial charge in [-0.1, -0.05) is 48.6 Å². The Morgan fingerprint density at radius 1 is 1.12 bits per heavy atom. The number of rotatable bonds is 2. The van der Waals surface area contributed by atoms with E-state index < -0.39 is 0 Å². The number of pyridine rings is 1. The second-order valence-corrected chi connectivity index (χ2v) is 4.49. The lowest BCUT2D eigenvalue weighted by Gasteiger charge is -2.13. The van der Waals surface area contributed by atoms with Gasteiger partial charge in [-0.2, -0.15) is 0 Å². The van der Waals surface area contributed by atoms with E-state index in [-0.39, 0.29) is 0 Å². The van der Waals surface area contributed by atoms with E-state index in [0.29, 0.717) is 5.92 Å². The van der Waals surface area contributed by atoms with Gasteiger partial charge in [-0.15, -0.1) is 0 Å². The van der Waals surface area contributed by atoms with Crippen LogP contribution in [-0.4, -0.2) is 4.98 Å². The second-order valence-electron chi connectivity index (χ2n) is 4.49. The van der Waals surface area contributed by atoms with Crippen molar-refractivity contribution >= 4 is 10.8 Å². The van der Waals surface area contributed by atoms with Gasteiger partial charge in [-0.25, -0.2) is 0 Å². The van der Waals surface area contributed by atoms with Crippen molar-refractivity contribution in [3.05, 3.63) is 66.5 Å². The molecule has 1 heterocycles. The fourth-order valence-corrected chi connectivity index (χ4v) is 2.38. The average molecular weight is 221 g/mol. The molecule has 0 N–H and O–H groups in total. The van der Waals surface area contributed by atoms with Crippen molar-refractivity contribution in [3.8, 4) is 0 Å². The average Bonchev–Trinajstić information content (AvgIpc) is 2.40. The highest BCUT2D eigenvalue weighted by Gasteiger charge is 2.09. The normalized spacial score (nSPS) is 18.7. The maximum atomic E-state index is 4.54. The Morgan fingerprint density at radius 3 is 2.94 bits per heavy atom. The molecule has 1 atom stereocenters. The third-order valence-corrected chi connectivity index (χ3v) is 3.28. The smallest absolute Gasteiger partial charge is 0.0487 e. The van der Waals surface area contributed by atoms with Crippen LogP contribution in [0.15, 0.2) is 60.8 Å². The van der Waals surface area contributed by atoms with Gasteiger partial charge < -0.3 is 0 Å². The number of fused-ring (bicyclic) bond motifs is 1. The molecular weight excluding hydrogens is 206 g/mol. The van der Waals surface area contributed by atoms with Crippen LogP contribution >= 0.6 is 0 Å². The van der Waals surface area contributed by atoms with Gasteiger partial charge in [0.05, 0.1) is 0 Å². The molecule has 0 amide bonds. The fraction of sp³-hybridized carbons (Fsp3) is 0.188. The van der Waals surface area contributed by atoms with Crippen molar-refractivity contribution in [2.75, 3.05) is 0 Å². The van der Waals surface area contributed by atoms with Crippen molar-refractivity contribution in [3.63, 3.8) is 0 Å². The minimum atomic E-state index is 0.596. The molecule has 0 fully saturated rings. The molecule has 84 valence electrons. The molecule has 0 spiro atoms. The molecule has 1 aliphatic rings. The molecule has 0 saturated carbocycles. The lowest BCUT2D eigenvalue weighted by Crippen LogP contribution is -2.04. The number of aromatic nitrogens is 1. The molecule has 2 aromatic rings. The van der Waals surface area contributed by atoms with Gasteiger partial charge in [0, 0.05) is 17.3 Å². The Bertz CT molecular complexity index is 576. The first-order valence-corrected chi connectivity index (χ1v) is 6.09. The van der Waals surface area contributed by atoms with Crippen LogP contribution in [-0.2, 0) is 6.42 Å². The predicted octanol–water partition coefficient (Wildman–Crippen LogP) is 3.91. The third kappa shape index (κ3) is 2.14. The minimum absolute atomic E-state index is 0.596. The SMILES string of the molecule is C1=CCC(Cc2nccc3ccccc23)C=C1. The standard InChI is InChI=1S/C16H15N/c1-2-6-13(7-3-1)12-16-15-9-5-4-8-14(15)10-11-17-16/h1-6,8-11,13H,7,12H2. The Kier molecular flexibility index (Phi) is 2.74. The van der Waals surface area contributed by atoms with E-state index in [1.165, 1.54) is 16.5 Å². The van der Waals surface area contributed by atoms with E-state index in [2.05, 4.69) is 59.6 Å². The molecule has 1 aromatic heterocycles. The molecule has 1 heteroatoms. The van der Waals surface area contributed by atoms with Gasteiger partial charge in [0.25, 0.3) is 0 Å². The number of nitrogens with zero attached hydrogens (tertiary/aromatic N) is 1. The van der Waals surface area contributed by atoms with Gasteiger partial charge in [-0.3, -0.25) is 4.98 Å². The van der Waals surface area contributed by atoms with E-state index in [0.717, 1.165) is 12.8 Å².